The van der Waals surface area contributed by atoms with Gasteiger partial charge in [-0.05, 0) is 50.2 Å². The number of likely N-dealkylation sites (N-methyl/N-ethyl adjacent to an activating group) is 1. The highest BCUT2D eigenvalue weighted by atomic mass is 16.2. The van der Waals surface area contributed by atoms with E-state index in [0.717, 1.165) is 31.6 Å². The van der Waals surface area contributed by atoms with E-state index in [1.807, 2.05) is 31.3 Å². The van der Waals surface area contributed by atoms with Crippen LogP contribution in [0, 0.1) is 11.3 Å². The van der Waals surface area contributed by atoms with Gasteiger partial charge in [-0.2, -0.15) is 5.26 Å². The number of hydrogen-bond acceptors (Lipinski definition) is 4. The zero-order chi connectivity index (χ0) is 14.2. The number of piperidine rings is 1. The second kappa shape index (κ2) is 4.80. The Morgan fingerprint density at radius 1 is 1.25 bits per heavy atom. The highest BCUT2D eigenvalue weighted by molar-refractivity contribution is 5.93. The number of nitriles is 1. The smallest absolute Gasteiger partial charge is 0.249 e. The summed E-state index contributed by atoms with van der Waals surface area (Å²) in [6, 6.07) is 9.63. The summed E-state index contributed by atoms with van der Waals surface area (Å²) in [5.74, 6) is 0.211. The van der Waals surface area contributed by atoms with Crippen LogP contribution in [0.5, 0.6) is 0 Å². The van der Waals surface area contributed by atoms with E-state index in [-0.39, 0.29) is 5.91 Å². The van der Waals surface area contributed by atoms with E-state index in [0.29, 0.717) is 12.2 Å². The maximum Gasteiger partial charge on any atom is 0.249 e. The summed E-state index contributed by atoms with van der Waals surface area (Å²) in [6.45, 7) is 2.35. The van der Waals surface area contributed by atoms with Gasteiger partial charge in [0.1, 0.15) is 5.54 Å². The Morgan fingerprint density at radius 3 is 2.50 bits per heavy atom. The monoisotopic (exact) mass is 270 g/mol. The van der Waals surface area contributed by atoms with E-state index in [2.05, 4.69) is 16.3 Å². The molecule has 1 N–H and O–H groups in total. The Balaban J connectivity index is 1.97. The van der Waals surface area contributed by atoms with E-state index in [4.69, 9.17) is 5.26 Å². The van der Waals surface area contributed by atoms with Crippen LogP contribution < -0.4 is 10.2 Å². The minimum Gasteiger partial charge on any atom is -0.339 e. The second-order valence-corrected chi connectivity index (χ2v) is 5.51. The summed E-state index contributed by atoms with van der Waals surface area (Å²) in [6.07, 6.45) is 1.66. The van der Waals surface area contributed by atoms with Gasteiger partial charge < -0.3 is 15.1 Å². The van der Waals surface area contributed by atoms with Gasteiger partial charge in [0.05, 0.1) is 18.3 Å². The molecule has 0 aliphatic carbocycles. The molecule has 2 aliphatic rings. The molecular formula is C15H18N4O. The summed E-state index contributed by atoms with van der Waals surface area (Å²) in [5.41, 5.74) is 1.25. The van der Waals surface area contributed by atoms with Gasteiger partial charge in [0.25, 0.3) is 0 Å². The van der Waals surface area contributed by atoms with Crippen molar-refractivity contribution in [1.29, 1.82) is 5.26 Å². The van der Waals surface area contributed by atoms with Crippen LogP contribution in [0.2, 0.25) is 0 Å². The molecule has 0 atom stereocenters. The molecule has 104 valence electrons. The van der Waals surface area contributed by atoms with Crippen molar-refractivity contribution in [3.63, 3.8) is 0 Å². The highest BCUT2D eigenvalue weighted by Crippen LogP contribution is 2.37. The van der Waals surface area contributed by atoms with Crippen LogP contribution in [-0.4, -0.2) is 43.2 Å². The first-order chi connectivity index (χ1) is 9.67. The molecule has 0 aromatic heterocycles. The van der Waals surface area contributed by atoms with E-state index in [1.165, 1.54) is 0 Å². The fourth-order valence-electron chi connectivity index (χ4n) is 3.25. The van der Waals surface area contributed by atoms with Gasteiger partial charge in [-0.1, -0.05) is 0 Å². The van der Waals surface area contributed by atoms with Gasteiger partial charge in [-0.25, -0.2) is 0 Å². The van der Waals surface area contributed by atoms with Gasteiger partial charge in [0.15, 0.2) is 0 Å². The Bertz CT molecular complexity index is 554. The predicted octanol–water partition coefficient (Wildman–Crippen LogP) is 0.916. The molecule has 0 saturated carbocycles. The predicted molar refractivity (Wildman–Crippen MR) is 76.1 cm³/mol. The van der Waals surface area contributed by atoms with Crippen LogP contribution in [0.25, 0.3) is 0 Å². The first-order valence-electron chi connectivity index (χ1n) is 6.91. The van der Waals surface area contributed by atoms with Crippen molar-refractivity contribution in [2.24, 2.45) is 0 Å². The molecule has 0 bridgehead atoms. The van der Waals surface area contributed by atoms with Gasteiger partial charge in [-0.15, -0.1) is 0 Å². The maximum atomic E-state index is 12.6. The third kappa shape index (κ3) is 1.84. The quantitative estimate of drug-likeness (QED) is 0.824. The number of hydrogen-bond donors (Lipinski definition) is 1. The molecule has 1 amide bonds. The SMILES string of the molecule is CN1CN(c2ccc(C#N)cc2)C2(CCNCC2)C1=O. The molecule has 1 aromatic carbocycles. The van der Waals surface area contributed by atoms with Crippen LogP contribution in [0.4, 0.5) is 5.69 Å². The average molecular weight is 270 g/mol. The number of rotatable bonds is 1. The van der Waals surface area contributed by atoms with Gasteiger partial charge in [0, 0.05) is 12.7 Å². The van der Waals surface area contributed by atoms with E-state index >= 15 is 0 Å². The number of amides is 1. The zero-order valence-corrected chi connectivity index (χ0v) is 11.6. The lowest BCUT2D eigenvalue weighted by molar-refractivity contribution is -0.131. The number of benzene rings is 1. The first-order valence-corrected chi connectivity index (χ1v) is 6.91. The zero-order valence-electron chi connectivity index (χ0n) is 11.6. The molecular weight excluding hydrogens is 252 g/mol. The normalized spacial score (nSPS) is 21.3. The summed E-state index contributed by atoms with van der Waals surface area (Å²) in [4.78, 5) is 16.6. The lowest BCUT2D eigenvalue weighted by atomic mass is 9.86. The van der Waals surface area contributed by atoms with Crippen molar-refractivity contribution in [1.82, 2.24) is 10.2 Å². The molecule has 3 rings (SSSR count). The van der Waals surface area contributed by atoms with Gasteiger partial charge >= 0.3 is 0 Å². The van der Waals surface area contributed by atoms with Crippen LogP contribution in [0.3, 0.4) is 0 Å². The summed E-state index contributed by atoms with van der Waals surface area (Å²) in [5, 5.41) is 12.2. The van der Waals surface area contributed by atoms with Crippen molar-refractivity contribution in [2.75, 3.05) is 31.7 Å². The summed E-state index contributed by atoms with van der Waals surface area (Å²) < 4.78 is 0. The highest BCUT2D eigenvalue weighted by Gasteiger charge is 2.51. The molecule has 2 aliphatic heterocycles. The molecule has 1 spiro atoms. The molecule has 2 fully saturated rings. The molecule has 5 heteroatoms. The van der Waals surface area contributed by atoms with Crippen LogP contribution in [-0.2, 0) is 4.79 Å². The van der Waals surface area contributed by atoms with E-state index in [9.17, 15) is 4.79 Å². The molecule has 1 aromatic rings. The summed E-state index contributed by atoms with van der Waals surface area (Å²) in [7, 11) is 1.86. The second-order valence-electron chi connectivity index (χ2n) is 5.51. The average Bonchev–Trinajstić information content (AvgIpc) is 2.74. The van der Waals surface area contributed by atoms with Crippen molar-refractivity contribution in [2.45, 2.75) is 18.4 Å². The molecule has 5 nitrogen and oxygen atoms in total. The Morgan fingerprint density at radius 2 is 1.90 bits per heavy atom. The molecule has 2 saturated heterocycles. The summed E-state index contributed by atoms with van der Waals surface area (Å²) >= 11 is 0. The van der Waals surface area contributed by atoms with Crippen LogP contribution >= 0.6 is 0 Å². The van der Waals surface area contributed by atoms with Gasteiger partial charge in [0.2, 0.25) is 5.91 Å². The molecule has 0 radical (unpaired) electrons. The number of nitrogens with one attached hydrogen (secondary N) is 1. The minimum absolute atomic E-state index is 0.211. The number of carbonyl (C=O) groups is 1. The lowest BCUT2D eigenvalue weighted by Crippen LogP contribution is -2.55. The number of carbonyl (C=O) groups excluding carboxylic acids is 1. The molecule has 2 heterocycles. The van der Waals surface area contributed by atoms with Crippen LogP contribution in [0.15, 0.2) is 24.3 Å². The third-order valence-electron chi connectivity index (χ3n) is 4.35. The van der Waals surface area contributed by atoms with Crippen molar-refractivity contribution in [3.8, 4) is 6.07 Å². The first kappa shape index (κ1) is 12.9. The minimum atomic E-state index is -0.409. The third-order valence-corrected chi connectivity index (χ3v) is 4.35. The molecule has 0 unspecified atom stereocenters. The molecule has 20 heavy (non-hydrogen) atoms. The lowest BCUT2D eigenvalue weighted by Gasteiger charge is -2.40. The standard InChI is InChI=1S/C15H18N4O/c1-18-11-19(13-4-2-12(10-16)3-5-13)15(14(18)20)6-8-17-9-7-15/h2-5,17H,6-9,11H2,1H3. The largest absolute Gasteiger partial charge is 0.339 e. The van der Waals surface area contributed by atoms with E-state index in [1.54, 1.807) is 4.90 Å². The fourth-order valence-corrected chi connectivity index (χ4v) is 3.25. The van der Waals surface area contributed by atoms with Crippen molar-refractivity contribution >= 4 is 11.6 Å². The van der Waals surface area contributed by atoms with Crippen molar-refractivity contribution < 1.29 is 4.79 Å². The van der Waals surface area contributed by atoms with Gasteiger partial charge in [-0.3, -0.25) is 4.79 Å². The van der Waals surface area contributed by atoms with Crippen LogP contribution in [0.1, 0.15) is 18.4 Å². The number of anilines is 1. The maximum absolute atomic E-state index is 12.6. The Hall–Kier alpha value is -2.06. The Kier molecular flexibility index (Phi) is 3.11. The topological polar surface area (TPSA) is 59.4 Å². The Labute approximate surface area is 118 Å². The fraction of sp³-hybridized carbons (Fsp3) is 0.467. The van der Waals surface area contributed by atoms with E-state index < -0.39 is 5.54 Å². The van der Waals surface area contributed by atoms with Crippen molar-refractivity contribution in [3.05, 3.63) is 29.8 Å². The number of nitrogens with zero attached hydrogens (tertiary/aromatic N) is 3.